The average Bonchev–Trinajstić information content (AvgIpc) is 2.39. The Labute approximate surface area is 111 Å². The Bertz CT molecular complexity index is 394. The van der Waals surface area contributed by atoms with Crippen molar-refractivity contribution in [1.29, 1.82) is 0 Å². The summed E-state index contributed by atoms with van der Waals surface area (Å²) in [6, 6.07) is 8.69. The first-order chi connectivity index (χ1) is 8.69. The smallest absolute Gasteiger partial charge is 0.122 e. The molecule has 2 nitrogen and oxygen atoms in total. The highest BCUT2D eigenvalue weighted by Crippen LogP contribution is 2.20. The minimum absolute atomic E-state index is 0.485. The first-order valence-electron chi connectivity index (χ1n) is 6.44. The Hall–Kier alpha value is -1.46. The van der Waals surface area contributed by atoms with E-state index in [1.54, 1.807) is 7.11 Å². The van der Waals surface area contributed by atoms with E-state index in [9.17, 15) is 0 Å². The molecule has 1 aromatic carbocycles. The van der Waals surface area contributed by atoms with Gasteiger partial charge in [0.25, 0.3) is 0 Å². The van der Waals surface area contributed by atoms with Crippen molar-refractivity contribution in [1.82, 2.24) is 4.90 Å². The molecule has 0 amide bonds. The molecule has 1 aromatic rings. The Morgan fingerprint density at radius 3 is 2.78 bits per heavy atom. The van der Waals surface area contributed by atoms with Crippen LogP contribution in [-0.4, -0.2) is 31.6 Å². The van der Waals surface area contributed by atoms with Gasteiger partial charge in [0.05, 0.1) is 7.11 Å². The topological polar surface area (TPSA) is 12.5 Å². The van der Waals surface area contributed by atoms with Crippen LogP contribution >= 0.6 is 0 Å². The third-order valence-electron chi connectivity index (χ3n) is 3.29. The van der Waals surface area contributed by atoms with Gasteiger partial charge >= 0.3 is 0 Å². The monoisotopic (exact) mass is 245 g/mol. The fraction of sp³-hybridized carbons (Fsp3) is 0.500. The van der Waals surface area contributed by atoms with Crippen molar-refractivity contribution in [3.05, 3.63) is 29.8 Å². The van der Waals surface area contributed by atoms with Gasteiger partial charge in [0.15, 0.2) is 0 Å². The maximum Gasteiger partial charge on any atom is 0.122 e. The molecule has 98 valence electrons. The first kappa shape index (κ1) is 14.6. The SMILES string of the molecule is C#CCCCN(C)C(C)Cc1ccccc1OC. The van der Waals surface area contributed by atoms with Crippen molar-refractivity contribution in [2.75, 3.05) is 20.7 Å². The molecule has 0 aliphatic heterocycles. The van der Waals surface area contributed by atoms with E-state index in [2.05, 4.69) is 36.9 Å². The highest BCUT2D eigenvalue weighted by molar-refractivity contribution is 5.33. The van der Waals surface area contributed by atoms with Crippen LogP contribution in [0.4, 0.5) is 0 Å². The van der Waals surface area contributed by atoms with E-state index < -0.39 is 0 Å². The zero-order chi connectivity index (χ0) is 13.4. The Kier molecular flexibility index (Phi) is 6.32. The van der Waals surface area contributed by atoms with Crippen LogP contribution in [0.15, 0.2) is 24.3 Å². The summed E-state index contributed by atoms with van der Waals surface area (Å²) >= 11 is 0. The molecule has 0 aromatic heterocycles. The number of terminal acetylenes is 1. The van der Waals surface area contributed by atoms with Gasteiger partial charge in [0.1, 0.15) is 5.75 Å². The van der Waals surface area contributed by atoms with E-state index in [4.69, 9.17) is 11.2 Å². The molecule has 18 heavy (non-hydrogen) atoms. The van der Waals surface area contributed by atoms with Crippen LogP contribution in [0.1, 0.15) is 25.3 Å². The number of ether oxygens (including phenoxy) is 1. The van der Waals surface area contributed by atoms with Crippen molar-refractivity contribution in [2.45, 2.75) is 32.2 Å². The van der Waals surface area contributed by atoms with Crippen LogP contribution < -0.4 is 4.74 Å². The predicted molar refractivity (Wildman–Crippen MR) is 76.9 cm³/mol. The number of methoxy groups -OCH3 is 1. The summed E-state index contributed by atoms with van der Waals surface area (Å²) in [6.07, 6.45) is 8.18. The van der Waals surface area contributed by atoms with Gasteiger partial charge < -0.3 is 9.64 Å². The molecule has 0 N–H and O–H groups in total. The number of benzene rings is 1. The molecule has 0 aliphatic carbocycles. The molecule has 2 heteroatoms. The lowest BCUT2D eigenvalue weighted by molar-refractivity contribution is 0.252. The third kappa shape index (κ3) is 4.43. The summed E-state index contributed by atoms with van der Waals surface area (Å²) in [5.41, 5.74) is 1.26. The molecule has 0 fully saturated rings. The van der Waals surface area contributed by atoms with Crippen LogP contribution in [0, 0.1) is 12.3 Å². The second kappa shape index (κ2) is 7.79. The summed E-state index contributed by atoms with van der Waals surface area (Å²) in [4.78, 5) is 2.35. The Morgan fingerprint density at radius 1 is 1.39 bits per heavy atom. The lowest BCUT2D eigenvalue weighted by Crippen LogP contribution is -2.31. The molecular formula is C16H23NO. The molecule has 0 aliphatic rings. The van der Waals surface area contributed by atoms with E-state index in [1.165, 1.54) is 5.56 Å². The zero-order valence-electron chi connectivity index (χ0n) is 11.6. The van der Waals surface area contributed by atoms with Crippen molar-refractivity contribution in [3.63, 3.8) is 0 Å². The van der Waals surface area contributed by atoms with E-state index in [0.717, 1.165) is 31.6 Å². The lowest BCUT2D eigenvalue weighted by atomic mass is 10.0. The Balaban J connectivity index is 2.53. The fourth-order valence-electron chi connectivity index (χ4n) is 2.00. The normalized spacial score (nSPS) is 12.2. The number of hydrogen-bond donors (Lipinski definition) is 0. The molecule has 0 spiro atoms. The van der Waals surface area contributed by atoms with Gasteiger partial charge in [-0.1, -0.05) is 18.2 Å². The molecule has 1 rings (SSSR count). The molecule has 0 saturated heterocycles. The van der Waals surface area contributed by atoms with Gasteiger partial charge in [-0.25, -0.2) is 0 Å². The molecule has 0 saturated carbocycles. The largest absolute Gasteiger partial charge is 0.496 e. The van der Waals surface area contributed by atoms with Gasteiger partial charge in [-0.3, -0.25) is 0 Å². The molecule has 0 radical (unpaired) electrons. The Morgan fingerprint density at radius 2 is 2.11 bits per heavy atom. The molecule has 1 unspecified atom stereocenters. The minimum atomic E-state index is 0.485. The van der Waals surface area contributed by atoms with Crippen molar-refractivity contribution >= 4 is 0 Å². The van der Waals surface area contributed by atoms with Crippen LogP contribution in [0.25, 0.3) is 0 Å². The first-order valence-corrected chi connectivity index (χ1v) is 6.44. The third-order valence-corrected chi connectivity index (χ3v) is 3.29. The highest BCUT2D eigenvalue weighted by Gasteiger charge is 2.11. The predicted octanol–water partition coefficient (Wildman–Crippen LogP) is 2.97. The van der Waals surface area contributed by atoms with Gasteiger partial charge in [-0.2, -0.15) is 0 Å². The summed E-state index contributed by atoms with van der Waals surface area (Å²) < 4.78 is 5.38. The number of unbranched alkanes of at least 4 members (excludes halogenated alkanes) is 1. The summed E-state index contributed by atoms with van der Waals surface area (Å²) in [6.45, 7) is 3.28. The quantitative estimate of drug-likeness (QED) is 0.541. The van der Waals surface area contributed by atoms with Crippen molar-refractivity contribution in [3.8, 4) is 18.1 Å². The maximum atomic E-state index is 5.38. The minimum Gasteiger partial charge on any atom is -0.496 e. The van der Waals surface area contributed by atoms with E-state index in [1.807, 2.05) is 12.1 Å². The van der Waals surface area contributed by atoms with Crippen molar-refractivity contribution in [2.24, 2.45) is 0 Å². The number of hydrogen-bond acceptors (Lipinski definition) is 2. The zero-order valence-corrected chi connectivity index (χ0v) is 11.6. The highest BCUT2D eigenvalue weighted by atomic mass is 16.5. The number of likely N-dealkylation sites (N-methyl/N-ethyl adjacent to an activating group) is 1. The fourth-order valence-corrected chi connectivity index (χ4v) is 2.00. The van der Waals surface area contributed by atoms with Gasteiger partial charge in [0, 0.05) is 12.5 Å². The molecule has 0 heterocycles. The average molecular weight is 245 g/mol. The summed E-state index contributed by atoms with van der Waals surface area (Å²) in [7, 11) is 3.87. The van der Waals surface area contributed by atoms with Crippen LogP contribution in [0.2, 0.25) is 0 Å². The van der Waals surface area contributed by atoms with Crippen LogP contribution in [0.5, 0.6) is 5.75 Å². The maximum absolute atomic E-state index is 5.38. The molecule has 1 atom stereocenters. The lowest BCUT2D eigenvalue weighted by Gasteiger charge is -2.25. The van der Waals surface area contributed by atoms with E-state index in [-0.39, 0.29) is 0 Å². The summed E-state index contributed by atoms with van der Waals surface area (Å²) in [5, 5.41) is 0. The second-order valence-electron chi connectivity index (χ2n) is 4.65. The van der Waals surface area contributed by atoms with Crippen molar-refractivity contribution < 1.29 is 4.74 Å². The number of nitrogens with zero attached hydrogens (tertiary/aromatic N) is 1. The van der Waals surface area contributed by atoms with Gasteiger partial charge in [-0.05, 0) is 45.0 Å². The van der Waals surface area contributed by atoms with Gasteiger partial charge in [0.2, 0.25) is 0 Å². The van der Waals surface area contributed by atoms with E-state index in [0.29, 0.717) is 6.04 Å². The number of para-hydroxylation sites is 1. The number of rotatable bonds is 7. The second-order valence-corrected chi connectivity index (χ2v) is 4.65. The van der Waals surface area contributed by atoms with Crippen LogP contribution in [-0.2, 0) is 6.42 Å². The standard InChI is InChI=1S/C16H23NO/c1-5-6-9-12-17(3)14(2)13-15-10-7-8-11-16(15)18-4/h1,7-8,10-11,14H,6,9,12-13H2,2-4H3. The van der Waals surface area contributed by atoms with E-state index >= 15 is 0 Å². The van der Waals surface area contributed by atoms with Gasteiger partial charge in [-0.15, -0.1) is 12.3 Å². The van der Waals surface area contributed by atoms with Crippen LogP contribution in [0.3, 0.4) is 0 Å². The molecular weight excluding hydrogens is 222 g/mol. The summed E-state index contributed by atoms with van der Waals surface area (Å²) in [5.74, 6) is 3.66. The molecule has 0 bridgehead atoms.